The van der Waals surface area contributed by atoms with Crippen molar-refractivity contribution in [3.63, 3.8) is 0 Å². The summed E-state index contributed by atoms with van der Waals surface area (Å²) in [7, 11) is 0. The number of carbonyl (C=O) groups excluding carboxylic acids is 1. The van der Waals surface area contributed by atoms with Crippen molar-refractivity contribution in [2.45, 2.75) is 19.8 Å². The van der Waals surface area contributed by atoms with Crippen LogP contribution in [0.5, 0.6) is 0 Å². The number of nitrogens with zero attached hydrogens (tertiary/aromatic N) is 5. The molecule has 0 aliphatic carbocycles. The van der Waals surface area contributed by atoms with E-state index >= 15 is 0 Å². The summed E-state index contributed by atoms with van der Waals surface area (Å²) in [6.45, 7) is 7.46. The van der Waals surface area contributed by atoms with Crippen molar-refractivity contribution < 1.29 is 4.79 Å². The van der Waals surface area contributed by atoms with Gasteiger partial charge in [-0.05, 0) is 49.6 Å². The first-order valence-corrected chi connectivity index (χ1v) is 9.11. The van der Waals surface area contributed by atoms with Gasteiger partial charge >= 0.3 is 6.03 Å². The second-order valence-corrected chi connectivity index (χ2v) is 6.93. The third-order valence-electron chi connectivity index (χ3n) is 5.14. The molecule has 1 aromatic carbocycles. The number of hydrogen-bond donors (Lipinski definition) is 0. The highest BCUT2D eigenvalue weighted by Crippen LogP contribution is 2.24. The summed E-state index contributed by atoms with van der Waals surface area (Å²) in [5.41, 5.74) is 3.57. The first-order chi connectivity index (χ1) is 12.2. The molecule has 132 valence electrons. The fourth-order valence-electron chi connectivity index (χ4n) is 3.67. The molecule has 0 radical (unpaired) electrons. The van der Waals surface area contributed by atoms with Gasteiger partial charge in [0.2, 0.25) is 0 Å². The molecular weight excluding hydrogens is 314 g/mol. The van der Waals surface area contributed by atoms with Gasteiger partial charge in [0.15, 0.2) is 0 Å². The summed E-state index contributed by atoms with van der Waals surface area (Å²) in [6, 6.07) is 8.84. The van der Waals surface area contributed by atoms with E-state index in [9.17, 15) is 4.79 Å². The molecule has 2 aliphatic heterocycles. The van der Waals surface area contributed by atoms with Gasteiger partial charge in [0.25, 0.3) is 0 Å². The highest BCUT2D eigenvalue weighted by atomic mass is 16.2. The number of anilines is 2. The molecule has 2 fully saturated rings. The van der Waals surface area contributed by atoms with Crippen molar-refractivity contribution in [1.82, 2.24) is 14.7 Å². The molecule has 0 spiro atoms. The predicted octanol–water partition coefficient (Wildman–Crippen LogP) is 2.58. The molecule has 3 heterocycles. The molecule has 1 amide bonds. The molecule has 4 rings (SSSR count). The molecule has 2 aliphatic rings. The Bertz CT molecular complexity index is 725. The number of amides is 1. The minimum Gasteiger partial charge on any atom is -0.372 e. The first kappa shape index (κ1) is 16.0. The average Bonchev–Trinajstić information content (AvgIpc) is 3.33. The van der Waals surface area contributed by atoms with Crippen LogP contribution in [0.15, 0.2) is 36.7 Å². The Morgan fingerprint density at radius 3 is 1.96 bits per heavy atom. The maximum atomic E-state index is 12.5. The van der Waals surface area contributed by atoms with Crippen molar-refractivity contribution in [2.24, 2.45) is 0 Å². The van der Waals surface area contributed by atoms with Gasteiger partial charge in [-0.2, -0.15) is 9.78 Å². The van der Waals surface area contributed by atoms with Crippen LogP contribution in [-0.2, 0) is 0 Å². The number of aryl methyl sites for hydroxylation is 1. The van der Waals surface area contributed by atoms with E-state index in [1.165, 1.54) is 42.0 Å². The van der Waals surface area contributed by atoms with Crippen LogP contribution in [0.2, 0.25) is 0 Å². The van der Waals surface area contributed by atoms with E-state index < -0.39 is 0 Å². The molecule has 1 aromatic heterocycles. The van der Waals surface area contributed by atoms with Crippen LogP contribution in [0.3, 0.4) is 0 Å². The molecule has 2 saturated heterocycles. The van der Waals surface area contributed by atoms with Crippen LogP contribution < -0.4 is 9.80 Å². The van der Waals surface area contributed by atoms with Crippen LogP contribution in [0.25, 0.3) is 0 Å². The summed E-state index contributed by atoms with van der Waals surface area (Å²) in [6.07, 6.45) is 6.10. The highest BCUT2D eigenvalue weighted by Gasteiger charge is 2.23. The Kier molecular flexibility index (Phi) is 4.34. The third-order valence-corrected chi connectivity index (χ3v) is 5.14. The summed E-state index contributed by atoms with van der Waals surface area (Å²) in [5.74, 6) is 0. The zero-order valence-corrected chi connectivity index (χ0v) is 14.8. The van der Waals surface area contributed by atoms with E-state index in [-0.39, 0.29) is 6.03 Å². The highest BCUT2D eigenvalue weighted by molar-refractivity contribution is 5.76. The Hall–Kier alpha value is -2.50. The zero-order valence-electron chi connectivity index (χ0n) is 14.8. The van der Waals surface area contributed by atoms with Gasteiger partial charge < -0.3 is 14.7 Å². The normalized spacial score (nSPS) is 18.0. The van der Waals surface area contributed by atoms with E-state index in [1.807, 2.05) is 11.8 Å². The van der Waals surface area contributed by atoms with Crippen molar-refractivity contribution >= 4 is 17.4 Å². The van der Waals surface area contributed by atoms with Gasteiger partial charge in [-0.25, -0.2) is 4.79 Å². The zero-order chi connectivity index (χ0) is 17.2. The van der Waals surface area contributed by atoms with Gasteiger partial charge in [-0.15, -0.1) is 0 Å². The monoisotopic (exact) mass is 339 g/mol. The summed E-state index contributed by atoms with van der Waals surface area (Å²) < 4.78 is 1.44. The standard InChI is InChI=1S/C19H25N5O/c1-16-14-20-24(15-16)19(25)23-12-10-22(11-13-23)18-6-4-17(5-7-18)21-8-2-3-9-21/h4-7,14-15H,2-3,8-13H2,1H3. The second kappa shape index (κ2) is 6.78. The van der Waals surface area contributed by atoms with Gasteiger partial charge in [-0.3, -0.25) is 0 Å². The Morgan fingerprint density at radius 2 is 1.44 bits per heavy atom. The van der Waals surface area contributed by atoms with E-state index in [4.69, 9.17) is 0 Å². The lowest BCUT2D eigenvalue weighted by molar-refractivity contribution is 0.193. The number of carbonyl (C=O) groups is 1. The lowest BCUT2D eigenvalue weighted by Crippen LogP contribution is -2.50. The molecule has 6 nitrogen and oxygen atoms in total. The number of aromatic nitrogens is 2. The van der Waals surface area contributed by atoms with Gasteiger partial charge in [0.1, 0.15) is 0 Å². The van der Waals surface area contributed by atoms with Gasteiger partial charge in [-0.1, -0.05) is 0 Å². The lowest BCUT2D eigenvalue weighted by Gasteiger charge is -2.36. The maximum absolute atomic E-state index is 12.5. The Morgan fingerprint density at radius 1 is 0.880 bits per heavy atom. The van der Waals surface area contributed by atoms with Crippen LogP contribution in [0.4, 0.5) is 16.2 Å². The molecule has 0 saturated carbocycles. The van der Waals surface area contributed by atoms with Gasteiger partial charge in [0, 0.05) is 56.8 Å². The van der Waals surface area contributed by atoms with Crippen molar-refractivity contribution in [3.05, 3.63) is 42.2 Å². The number of piperazine rings is 1. The number of benzene rings is 1. The maximum Gasteiger partial charge on any atom is 0.344 e. The molecule has 0 bridgehead atoms. The van der Waals surface area contributed by atoms with E-state index in [1.54, 1.807) is 12.4 Å². The molecular formula is C19H25N5O. The van der Waals surface area contributed by atoms with Crippen molar-refractivity contribution in [2.75, 3.05) is 49.1 Å². The Labute approximate surface area is 148 Å². The van der Waals surface area contributed by atoms with Crippen LogP contribution in [0.1, 0.15) is 18.4 Å². The topological polar surface area (TPSA) is 44.6 Å². The molecule has 0 N–H and O–H groups in total. The third kappa shape index (κ3) is 3.34. The minimum absolute atomic E-state index is 0.0304. The molecule has 6 heteroatoms. The minimum atomic E-state index is -0.0304. The van der Waals surface area contributed by atoms with Crippen molar-refractivity contribution in [3.8, 4) is 0 Å². The Balaban J connectivity index is 1.36. The quantitative estimate of drug-likeness (QED) is 0.844. The molecule has 25 heavy (non-hydrogen) atoms. The summed E-state index contributed by atoms with van der Waals surface area (Å²) >= 11 is 0. The van der Waals surface area contributed by atoms with Crippen LogP contribution in [0, 0.1) is 6.92 Å². The van der Waals surface area contributed by atoms with Crippen molar-refractivity contribution in [1.29, 1.82) is 0 Å². The van der Waals surface area contributed by atoms with E-state index in [2.05, 4.69) is 39.2 Å². The SMILES string of the molecule is Cc1cnn(C(=O)N2CCN(c3ccc(N4CCCC4)cc3)CC2)c1. The summed E-state index contributed by atoms with van der Waals surface area (Å²) in [4.78, 5) is 19.1. The summed E-state index contributed by atoms with van der Waals surface area (Å²) in [5, 5.41) is 4.12. The van der Waals surface area contributed by atoms with E-state index in [0.717, 1.165) is 31.7 Å². The van der Waals surface area contributed by atoms with Crippen LogP contribution in [-0.4, -0.2) is 60.0 Å². The largest absolute Gasteiger partial charge is 0.372 e. The fraction of sp³-hybridized carbons (Fsp3) is 0.474. The molecule has 0 unspecified atom stereocenters. The molecule has 2 aromatic rings. The molecule has 0 atom stereocenters. The first-order valence-electron chi connectivity index (χ1n) is 9.11. The second-order valence-electron chi connectivity index (χ2n) is 6.93. The predicted molar refractivity (Wildman–Crippen MR) is 99.4 cm³/mol. The lowest BCUT2D eigenvalue weighted by atomic mass is 10.2. The average molecular weight is 339 g/mol. The van der Waals surface area contributed by atoms with Crippen LogP contribution >= 0.6 is 0 Å². The fourth-order valence-corrected chi connectivity index (χ4v) is 3.67. The number of hydrogen-bond acceptors (Lipinski definition) is 4. The smallest absolute Gasteiger partial charge is 0.344 e. The van der Waals surface area contributed by atoms with Gasteiger partial charge in [0.05, 0.1) is 6.20 Å². The van der Waals surface area contributed by atoms with E-state index in [0.29, 0.717) is 0 Å². The number of rotatable bonds is 2.